The summed E-state index contributed by atoms with van der Waals surface area (Å²) < 4.78 is 1.67. The first-order valence-corrected chi connectivity index (χ1v) is 9.00. The number of aromatic nitrogens is 3. The molecular weight excluding hydrogens is 302 g/mol. The molecule has 6 heteroatoms. The normalized spacial score (nSPS) is 28.6. The average Bonchev–Trinajstić information content (AvgIpc) is 3.18. The van der Waals surface area contributed by atoms with Crippen LogP contribution in [0.1, 0.15) is 49.9 Å². The maximum absolute atomic E-state index is 13.0. The number of rotatable bonds is 2. The minimum Gasteiger partial charge on any atom is -0.337 e. The van der Waals surface area contributed by atoms with E-state index >= 15 is 0 Å². The second kappa shape index (κ2) is 6.16. The maximum atomic E-state index is 13.0. The van der Waals surface area contributed by atoms with Crippen molar-refractivity contribution in [3.8, 4) is 0 Å². The fourth-order valence-corrected chi connectivity index (χ4v) is 4.47. The lowest BCUT2D eigenvalue weighted by Crippen LogP contribution is -2.52. The first kappa shape index (κ1) is 15.6. The van der Waals surface area contributed by atoms with Crippen LogP contribution in [0.2, 0.25) is 0 Å². The van der Waals surface area contributed by atoms with E-state index in [1.165, 1.54) is 19.3 Å². The Morgan fingerprint density at radius 1 is 1.21 bits per heavy atom. The van der Waals surface area contributed by atoms with Crippen molar-refractivity contribution in [1.29, 1.82) is 0 Å². The molecule has 0 aliphatic carbocycles. The molecule has 4 heterocycles. The Morgan fingerprint density at radius 3 is 2.79 bits per heavy atom. The van der Waals surface area contributed by atoms with Crippen LogP contribution in [-0.4, -0.2) is 61.5 Å². The summed E-state index contributed by atoms with van der Waals surface area (Å²) in [7, 11) is 0. The van der Waals surface area contributed by atoms with Gasteiger partial charge < -0.3 is 4.90 Å². The van der Waals surface area contributed by atoms with E-state index in [2.05, 4.69) is 28.8 Å². The monoisotopic (exact) mass is 327 g/mol. The van der Waals surface area contributed by atoms with Crippen LogP contribution in [0.3, 0.4) is 0 Å². The second-order valence-corrected chi connectivity index (χ2v) is 7.22. The van der Waals surface area contributed by atoms with E-state index in [4.69, 9.17) is 0 Å². The first-order valence-electron chi connectivity index (χ1n) is 9.00. The Labute approximate surface area is 142 Å². The molecule has 2 fully saturated rings. The minimum atomic E-state index is 0.0629. The number of piperidine rings is 1. The van der Waals surface area contributed by atoms with Gasteiger partial charge >= 0.3 is 0 Å². The fraction of sp³-hybridized carbons (Fsp3) is 0.611. The highest BCUT2D eigenvalue weighted by Gasteiger charge is 2.36. The van der Waals surface area contributed by atoms with Gasteiger partial charge in [0.15, 0.2) is 5.65 Å². The summed E-state index contributed by atoms with van der Waals surface area (Å²) >= 11 is 0. The third-order valence-corrected chi connectivity index (χ3v) is 5.64. The lowest BCUT2D eigenvalue weighted by atomic mass is 10.0. The summed E-state index contributed by atoms with van der Waals surface area (Å²) in [5.74, 6) is 0.0629. The number of carbonyl (C=O) groups is 1. The molecule has 0 radical (unpaired) electrons. The van der Waals surface area contributed by atoms with Crippen molar-refractivity contribution >= 4 is 11.6 Å². The molecule has 128 valence electrons. The van der Waals surface area contributed by atoms with Gasteiger partial charge in [0.25, 0.3) is 5.91 Å². The first-order chi connectivity index (χ1) is 11.6. The summed E-state index contributed by atoms with van der Waals surface area (Å²) in [6, 6.07) is 3.55. The van der Waals surface area contributed by atoms with Gasteiger partial charge in [-0.1, -0.05) is 0 Å². The Bertz CT molecular complexity index is 732. The average molecular weight is 327 g/mol. The standard InChI is InChI=1S/C18H25N5O/c1-13-6-7-14(2)23(13)15-5-3-9-21(12-15)18(24)16-11-20-22-10-4-8-19-17(16)22/h4,8,10-11,13-15H,3,5-7,9,12H2,1-2H3/t13-,14-,15+/m1/s1. The third-order valence-electron chi connectivity index (χ3n) is 5.64. The summed E-state index contributed by atoms with van der Waals surface area (Å²) in [4.78, 5) is 22.0. The Morgan fingerprint density at radius 2 is 2.00 bits per heavy atom. The predicted molar refractivity (Wildman–Crippen MR) is 91.9 cm³/mol. The van der Waals surface area contributed by atoms with Gasteiger partial charge in [0.05, 0.1) is 6.20 Å². The molecule has 0 unspecified atom stereocenters. The van der Waals surface area contributed by atoms with Gasteiger partial charge in [0.2, 0.25) is 0 Å². The number of carbonyl (C=O) groups excluding carboxylic acids is 1. The van der Waals surface area contributed by atoms with Crippen molar-refractivity contribution in [2.24, 2.45) is 0 Å². The molecule has 6 nitrogen and oxygen atoms in total. The molecule has 24 heavy (non-hydrogen) atoms. The number of likely N-dealkylation sites (tertiary alicyclic amines) is 2. The number of hydrogen-bond acceptors (Lipinski definition) is 4. The van der Waals surface area contributed by atoms with Crippen molar-refractivity contribution in [2.75, 3.05) is 13.1 Å². The predicted octanol–water partition coefficient (Wildman–Crippen LogP) is 2.21. The zero-order chi connectivity index (χ0) is 16.7. The largest absolute Gasteiger partial charge is 0.337 e. The second-order valence-electron chi connectivity index (χ2n) is 7.22. The van der Waals surface area contributed by atoms with Crippen molar-refractivity contribution in [1.82, 2.24) is 24.4 Å². The number of fused-ring (bicyclic) bond motifs is 1. The molecule has 0 N–H and O–H groups in total. The van der Waals surface area contributed by atoms with Crippen molar-refractivity contribution in [2.45, 2.75) is 57.7 Å². The molecule has 4 rings (SSSR count). The molecule has 2 saturated heterocycles. The SMILES string of the molecule is C[C@@H]1CC[C@@H](C)N1[C@H]1CCCN(C(=O)c2cnn3cccnc23)C1. The molecular formula is C18H25N5O. The summed E-state index contributed by atoms with van der Waals surface area (Å²) in [5.41, 5.74) is 1.26. The van der Waals surface area contributed by atoms with Crippen LogP contribution in [0.4, 0.5) is 0 Å². The van der Waals surface area contributed by atoms with Crippen LogP contribution < -0.4 is 0 Å². The van der Waals surface area contributed by atoms with Gasteiger partial charge in [0, 0.05) is 43.6 Å². The highest BCUT2D eigenvalue weighted by molar-refractivity contribution is 5.99. The van der Waals surface area contributed by atoms with Crippen LogP contribution >= 0.6 is 0 Å². The molecule has 0 bridgehead atoms. The van der Waals surface area contributed by atoms with Crippen LogP contribution in [-0.2, 0) is 0 Å². The minimum absolute atomic E-state index is 0.0629. The van der Waals surface area contributed by atoms with Crippen LogP contribution in [0.5, 0.6) is 0 Å². The Kier molecular flexibility index (Phi) is 4.00. The van der Waals surface area contributed by atoms with Gasteiger partial charge in [-0.25, -0.2) is 9.50 Å². The highest BCUT2D eigenvalue weighted by atomic mass is 16.2. The van der Waals surface area contributed by atoms with E-state index in [1.807, 2.05) is 17.2 Å². The van der Waals surface area contributed by atoms with Gasteiger partial charge in [-0.05, 0) is 45.6 Å². The topological polar surface area (TPSA) is 53.7 Å². The highest BCUT2D eigenvalue weighted by Crippen LogP contribution is 2.30. The van der Waals surface area contributed by atoms with E-state index in [-0.39, 0.29) is 5.91 Å². The maximum Gasteiger partial charge on any atom is 0.259 e. The third kappa shape index (κ3) is 2.59. The summed E-state index contributed by atoms with van der Waals surface area (Å²) in [6.07, 6.45) is 9.97. The van der Waals surface area contributed by atoms with E-state index in [0.717, 1.165) is 19.5 Å². The van der Waals surface area contributed by atoms with Gasteiger partial charge in [0.1, 0.15) is 5.56 Å². The van der Waals surface area contributed by atoms with Crippen LogP contribution in [0.15, 0.2) is 24.7 Å². The van der Waals surface area contributed by atoms with E-state index in [9.17, 15) is 4.79 Å². The number of hydrogen-bond donors (Lipinski definition) is 0. The molecule has 2 aliphatic rings. The summed E-state index contributed by atoms with van der Waals surface area (Å²) in [5, 5.41) is 4.25. The van der Waals surface area contributed by atoms with Crippen LogP contribution in [0.25, 0.3) is 5.65 Å². The lowest BCUT2D eigenvalue weighted by Gasteiger charge is -2.41. The smallest absolute Gasteiger partial charge is 0.259 e. The molecule has 2 aromatic rings. The molecule has 1 amide bonds. The molecule has 2 aromatic heterocycles. The molecule has 0 aromatic carbocycles. The van der Waals surface area contributed by atoms with Gasteiger partial charge in [-0.2, -0.15) is 5.10 Å². The molecule has 0 saturated carbocycles. The van der Waals surface area contributed by atoms with Gasteiger partial charge in [-0.3, -0.25) is 9.69 Å². The molecule has 0 spiro atoms. The summed E-state index contributed by atoms with van der Waals surface area (Å²) in [6.45, 7) is 6.28. The number of nitrogens with zero attached hydrogens (tertiary/aromatic N) is 5. The molecule has 2 aliphatic heterocycles. The Balaban J connectivity index is 1.54. The van der Waals surface area contributed by atoms with Crippen molar-refractivity contribution in [3.05, 3.63) is 30.2 Å². The van der Waals surface area contributed by atoms with Crippen LogP contribution in [0, 0.1) is 0 Å². The van der Waals surface area contributed by atoms with E-state index in [0.29, 0.717) is 29.3 Å². The van der Waals surface area contributed by atoms with Gasteiger partial charge in [-0.15, -0.1) is 0 Å². The van der Waals surface area contributed by atoms with E-state index < -0.39 is 0 Å². The van der Waals surface area contributed by atoms with Crippen molar-refractivity contribution < 1.29 is 4.79 Å². The quantitative estimate of drug-likeness (QED) is 0.848. The zero-order valence-electron chi connectivity index (χ0n) is 14.4. The fourth-order valence-electron chi connectivity index (χ4n) is 4.47. The van der Waals surface area contributed by atoms with Crippen molar-refractivity contribution in [3.63, 3.8) is 0 Å². The van der Waals surface area contributed by atoms with E-state index in [1.54, 1.807) is 16.9 Å². The Hall–Kier alpha value is -1.95. The lowest BCUT2D eigenvalue weighted by molar-refractivity contribution is 0.0488. The number of amides is 1. The molecule has 3 atom stereocenters. The zero-order valence-corrected chi connectivity index (χ0v) is 14.4.